The highest BCUT2D eigenvalue weighted by atomic mass is 79.9. The first-order valence-electron chi connectivity index (χ1n) is 6.33. The first-order chi connectivity index (χ1) is 9.60. The number of halogens is 4. The topological polar surface area (TPSA) is 0 Å². The molecule has 2 rings (SSSR count). The van der Waals surface area contributed by atoms with Crippen molar-refractivity contribution in [2.45, 2.75) is 12.8 Å². The highest BCUT2D eigenvalue weighted by molar-refractivity contribution is 9.09. The zero-order valence-electron chi connectivity index (χ0n) is 10.8. The predicted octanol–water partition coefficient (Wildman–Crippen LogP) is 5.93. The standard InChI is InChI=1S/C16H14BrCl2F/c17-10-11(7-12-3-1-2-4-15(12)19)8-13-5-6-14(18)9-16(13)20/h1-6,9,11H,7-8,10H2. The van der Waals surface area contributed by atoms with E-state index >= 15 is 0 Å². The molecule has 1 atom stereocenters. The van der Waals surface area contributed by atoms with Crippen LogP contribution in [0.3, 0.4) is 0 Å². The van der Waals surface area contributed by atoms with Crippen LogP contribution in [0.5, 0.6) is 0 Å². The van der Waals surface area contributed by atoms with Crippen LogP contribution in [0, 0.1) is 11.7 Å². The Morgan fingerprint density at radius 2 is 1.70 bits per heavy atom. The third-order valence-corrected chi connectivity index (χ3v) is 4.73. The minimum atomic E-state index is -0.248. The summed E-state index contributed by atoms with van der Waals surface area (Å²) in [5.41, 5.74) is 1.78. The van der Waals surface area contributed by atoms with Crippen molar-refractivity contribution >= 4 is 39.1 Å². The second kappa shape index (κ2) is 7.44. The van der Waals surface area contributed by atoms with E-state index in [1.54, 1.807) is 12.1 Å². The molecule has 0 aliphatic carbocycles. The van der Waals surface area contributed by atoms with Crippen LogP contribution in [0.15, 0.2) is 42.5 Å². The number of rotatable bonds is 5. The summed E-state index contributed by atoms with van der Waals surface area (Å²) in [5, 5.41) is 1.98. The van der Waals surface area contributed by atoms with E-state index in [2.05, 4.69) is 15.9 Å². The van der Waals surface area contributed by atoms with Gasteiger partial charge in [0, 0.05) is 15.4 Å². The van der Waals surface area contributed by atoms with Crippen molar-refractivity contribution in [3.05, 3.63) is 69.5 Å². The maximum atomic E-state index is 13.8. The number of alkyl halides is 1. The van der Waals surface area contributed by atoms with Gasteiger partial charge in [-0.15, -0.1) is 0 Å². The Balaban J connectivity index is 2.11. The second-order valence-corrected chi connectivity index (χ2v) is 6.25. The zero-order valence-corrected chi connectivity index (χ0v) is 13.8. The maximum Gasteiger partial charge on any atom is 0.127 e. The Labute approximate surface area is 137 Å². The Kier molecular flexibility index (Phi) is 5.88. The van der Waals surface area contributed by atoms with E-state index in [9.17, 15) is 4.39 Å². The minimum Gasteiger partial charge on any atom is -0.207 e. The quantitative estimate of drug-likeness (QED) is 0.568. The fourth-order valence-electron chi connectivity index (χ4n) is 2.15. The first kappa shape index (κ1) is 15.8. The van der Waals surface area contributed by atoms with Crippen LogP contribution < -0.4 is 0 Å². The fourth-order valence-corrected chi connectivity index (χ4v) is 2.98. The van der Waals surface area contributed by atoms with Crippen molar-refractivity contribution in [1.82, 2.24) is 0 Å². The average Bonchev–Trinajstić information content (AvgIpc) is 2.43. The van der Waals surface area contributed by atoms with Crippen LogP contribution >= 0.6 is 39.1 Å². The van der Waals surface area contributed by atoms with Gasteiger partial charge in [-0.3, -0.25) is 0 Å². The Bertz CT molecular complexity index is 586. The Hall–Kier alpha value is -0.570. The fraction of sp³-hybridized carbons (Fsp3) is 0.250. The molecule has 0 saturated heterocycles. The molecule has 0 radical (unpaired) electrons. The second-order valence-electron chi connectivity index (χ2n) is 4.76. The van der Waals surface area contributed by atoms with E-state index in [1.807, 2.05) is 24.3 Å². The molecule has 0 heterocycles. The molecule has 0 bridgehead atoms. The molecule has 2 aromatic carbocycles. The summed E-state index contributed by atoms with van der Waals surface area (Å²) >= 11 is 15.4. The van der Waals surface area contributed by atoms with Gasteiger partial charge in [-0.25, -0.2) is 4.39 Å². The van der Waals surface area contributed by atoms with Crippen molar-refractivity contribution in [3.8, 4) is 0 Å². The normalized spacial score (nSPS) is 12.4. The van der Waals surface area contributed by atoms with Gasteiger partial charge in [-0.1, -0.05) is 63.4 Å². The lowest BCUT2D eigenvalue weighted by Crippen LogP contribution is -2.11. The monoisotopic (exact) mass is 374 g/mol. The van der Waals surface area contributed by atoms with Crippen molar-refractivity contribution in [2.24, 2.45) is 5.92 Å². The maximum absolute atomic E-state index is 13.8. The van der Waals surface area contributed by atoms with Crippen LogP contribution in [0.1, 0.15) is 11.1 Å². The summed E-state index contributed by atoms with van der Waals surface area (Å²) < 4.78 is 13.8. The SMILES string of the molecule is Fc1cc(Cl)ccc1CC(CBr)Cc1ccccc1Cl. The summed E-state index contributed by atoms with van der Waals surface area (Å²) in [7, 11) is 0. The third kappa shape index (κ3) is 4.21. The van der Waals surface area contributed by atoms with Gasteiger partial charge in [0.05, 0.1) is 0 Å². The van der Waals surface area contributed by atoms with Crippen molar-refractivity contribution in [3.63, 3.8) is 0 Å². The molecule has 4 heteroatoms. The Morgan fingerprint density at radius 3 is 2.35 bits per heavy atom. The lowest BCUT2D eigenvalue weighted by atomic mass is 9.94. The number of hydrogen-bond donors (Lipinski definition) is 0. The molecule has 0 spiro atoms. The van der Waals surface area contributed by atoms with Gasteiger partial charge in [0.1, 0.15) is 5.82 Å². The van der Waals surface area contributed by atoms with E-state index in [-0.39, 0.29) is 11.7 Å². The summed E-state index contributed by atoms with van der Waals surface area (Å²) in [6.45, 7) is 0. The van der Waals surface area contributed by atoms with Crippen LogP contribution in [-0.4, -0.2) is 5.33 Å². The molecule has 0 nitrogen and oxygen atoms in total. The molecule has 2 aromatic rings. The molecular formula is C16H14BrCl2F. The number of benzene rings is 2. The summed E-state index contributed by atoms with van der Waals surface area (Å²) in [5.74, 6) is 0.0354. The van der Waals surface area contributed by atoms with Gasteiger partial charge < -0.3 is 0 Å². The average molecular weight is 376 g/mol. The lowest BCUT2D eigenvalue weighted by Gasteiger charge is -2.15. The van der Waals surface area contributed by atoms with E-state index < -0.39 is 0 Å². The van der Waals surface area contributed by atoms with Crippen molar-refractivity contribution in [1.29, 1.82) is 0 Å². The van der Waals surface area contributed by atoms with Crippen LogP contribution in [0.25, 0.3) is 0 Å². The van der Waals surface area contributed by atoms with Gasteiger partial charge in [-0.2, -0.15) is 0 Å². The minimum absolute atomic E-state index is 0.248. The molecule has 0 saturated carbocycles. The molecule has 20 heavy (non-hydrogen) atoms. The lowest BCUT2D eigenvalue weighted by molar-refractivity contribution is 0.550. The van der Waals surface area contributed by atoms with Crippen molar-refractivity contribution < 1.29 is 4.39 Å². The molecule has 106 valence electrons. The smallest absolute Gasteiger partial charge is 0.127 e. The van der Waals surface area contributed by atoms with Gasteiger partial charge in [0.25, 0.3) is 0 Å². The largest absolute Gasteiger partial charge is 0.207 e. The molecule has 1 unspecified atom stereocenters. The zero-order chi connectivity index (χ0) is 14.5. The van der Waals surface area contributed by atoms with E-state index in [4.69, 9.17) is 23.2 Å². The Morgan fingerprint density at radius 1 is 1.00 bits per heavy atom. The van der Waals surface area contributed by atoms with Crippen molar-refractivity contribution in [2.75, 3.05) is 5.33 Å². The van der Waals surface area contributed by atoms with Crippen LogP contribution in [0.4, 0.5) is 4.39 Å². The summed E-state index contributed by atoms with van der Waals surface area (Å²) in [4.78, 5) is 0. The van der Waals surface area contributed by atoms with E-state index in [0.29, 0.717) is 17.0 Å². The molecule has 0 aliphatic heterocycles. The molecule has 0 aliphatic rings. The van der Waals surface area contributed by atoms with Gasteiger partial charge >= 0.3 is 0 Å². The first-order valence-corrected chi connectivity index (χ1v) is 8.21. The van der Waals surface area contributed by atoms with Gasteiger partial charge in [-0.05, 0) is 48.1 Å². The van der Waals surface area contributed by atoms with Gasteiger partial charge in [0.2, 0.25) is 0 Å². The third-order valence-electron chi connectivity index (χ3n) is 3.21. The molecule has 0 N–H and O–H groups in total. The molecule has 0 amide bonds. The van der Waals surface area contributed by atoms with E-state index in [0.717, 1.165) is 22.3 Å². The van der Waals surface area contributed by atoms with E-state index in [1.165, 1.54) is 6.07 Å². The van der Waals surface area contributed by atoms with Crippen LogP contribution in [0.2, 0.25) is 10.0 Å². The predicted molar refractivity (Wildman–Crippen MR) is 87.6 cm³/mol. The summed E-state index contributed by atoms with van der Waals surface area (Å²) in [6.07, 6.45) is 1.46. The van der Waals surface area contributed by atoms with Crippen LogP contribution in [-0.2, 0) is 12.8 Å². The highest BCUT2D eigenvalue weighted by Gasteiger charge is 2.14. The molecule has 0 aromatic heterocycles. The summed E-state index contributed by atoms with van der Waals surface area (Å²) in [6, 6.07) is 12.6. The number of hydrogen-bond acceptors (Lipinski definition) is 0. The highest BCUT2D eigenvalue weighted by Crippen LogP contribution is 2.24. The molecular weight excluding hydrogens is 362 g/mol. The molecule has 0 fully saturated rings. The van der Waals surface area contributed by atoms with Gasteiger partial charge in [0.15, 0.2) is 0 Å².